The van der Waals surface area contributed by atoms with Gasteiger partial charge in [0.25, 0.3) is 0 Å². The van der Waals surface area contributed by atoms with Crippen LogP contribution in [0.5, 0.6) is 34.9 Å². The van der Waals surface area contributed by atoms with Gasteiger partial charge in [-0.2, -0.15) is 0 Å². The smallest absolute Gasteiger partial charge is 0.307 e. The van der Waals surface area contributed by atoms with Gasteiger partial charge in [-0.05, 0) is 210 Å². The van der Waals surface area contributed by atoms with Crippen LogP contribution in [0.1, 0.15) is 275 Å². The van der Waals surface area contributed by atoms with Crippen molar-refractivity contribution in [1.82, 2.24) is 44.6 Å². The number of esters is 2. The Balaban J connectivity index is 0.000000177. The van der Waals surface area contributed by atoms with E-state index in [1.807, 2.05) is 138 Å². The first kappa shape index (κ1) is 103. The number of rotatable bonds is 6. The zero-order chi connectivity index (χ0) is 93.0. The summed E-state index contributed by atoms with van der Waals surface area (Å²) in [6.07, 6.45) is 27.8. The normalized spacial score (nSPS) is 30.7. The van der Waals surface area contributed by atoms with Crippen molar-refractivity contribution in [2.24, 2.45) is 87.3 Å². The van der Waals surface area contributed by atoms with Crippen LogP contribution < -0.4 is 28.4 Å². The largest absolute Gasteiger partial charge is 0.540 e. The molecule has 7 fully saturated rings. The molecule has 4 aliphatic carbocycles. The van der Waals surface area contributed by atoms with Crippen LogP contribution in [0.3, 0.4) is 0 Å². The van der Waals surface area contributed by atoms with Crippen molar-refractivity contribution < 1.29 is 118 Å². The number of fused-ring (bicyclic) bond motifs is 19. The van der Waals surface area contributed by atoms with E-state index in [1.54, 1.807) is 43.0 Å². The Morgan fingerprint density at radius 3 is 1.29 bits per heavy atom. The molecule has 6 aromatic rings. The van der Waals surface area contributed by atoms with Crippen LogP contribution in [0.15, 0.2) is 54.6 Å². The number of aromatic nitrogens is 6. The van der Waals surface area contributed by atoms with Gasteiger partial charge in [-0.3, -0.25) is 33.6 Å². The van der Waals surface area contributed by atoms with E-state index in [0.717, 1.165) is 156 Å². The molecule has 3 amide bonds. The van der Waals surface area contributed by atoms with E-state index in [1.165, 1.54) is 19.3 Å². The molecule has 26 nitrogen and oxygen atoms in total. The van der Waals surface area contributed by atoms with Gasteiger partial charge in [0.15, 0.2) is 5.78 Å². The van der Waals surface area contributed by atoms with Crippen LogP contribution in [-0.4, -0.2) is 188 Å². The first-order valence-electron chi connectivity index (χ1n) is 48.6. The van der Waals surface area contributed by atoms with Crippen molar-refractivity contribution in [3.63, 3.8) is 0 Å². The summed E-state index contributed by atoms with van der Waals surface area (Å²) >= 11 is 0. The van der Waals surface area contributed by atoms with E-state index in [-0.39, 0.29) is 141 Å². The molecule has 2 radical (unpaired) electrons. The number of amides is 3. The maximum absolute atomic E-state index is 14.3. The molecule has 8 bridgehead atoms. The summed E-state index contributed by atoms with van der Waals surface area (Å²) < 4.78 is 48.4. The third kappa shape index (κ3) is 23.3. The number of carbonyl (C=O) groups is 7. The molecule has 6 aliphatic heterocycles. The van der Waals surface area contributed by atoms with Crippen molar-refractivity contribution in [3.05, 3.63) is 71.7 Å². The van der Waals surface area contributed by atoms with E-state index in [2.05, 4.69) is 19.5 Å². The van der Waals surface area contributed by atoms with Gasteiger partial charge >= 0.3 is 11.9 Å². The van der Waals surface area contributed by atoms with Crippen LogP contribution in [0, 0.1) is 87.3 Å². The van der Waals surface area contributed by atoms with E-state index < -0.39 is 76.0 Å². The predicted molar refractivity (Wildman–Crippen MR) is 493 cm³/mol. The fraction of sp³-hybridized carbons (Fsp3) is 0.683. The van der Waals surface area contributed by atoms with Gasteiger partial charge in [0.2, 0.25) is 35.4 Å². The quantitative estimate of drug-likeness (QED) is 0.110. The number of methoxy groups -OCH3 is 3. The molecule has 4 saturated carbocycles. The van der Waals surface area contributed by atoms with Gasteiger partial charge in [0.05, 0.1) is 105 Å². The molecule has 0 spiro atoms. The molecule has 28 heteroatoms. The monoisotopic (exact) mass is 1890 g/mol. The van der Waals surface area contributed by atoms with Crippen molar-refractivity contribution >= 4 is 86.9 Å². The topological polar surface area (TPSA) is 315 Å². The Morgan fingerprint density at radius 2 is 0.833 bits per heavy atom. The van der Waals surface area contributed by atoms with E-state index in [0.29, 0.717) is 106 Å². The van der Waals surface area contributed by atoms with Crippen molar-refractivity contribution in [3.8, 4) is 34.9 Å². The molecular weight excluding hydrogens is 1750 g/mol. The molecule has 0 N–H and O–H groups in total. The van der Waals surface area contributed by atoms with Gasteiger partial charge in [-0.25, -0.2) is 42.5 Å². The zero-order valence-corrected chi connectivity index (χ0v) is 83.7. The third-order valence-corrected chi connectivity index (χ3v) is 31.0. The first-order valence-corrected chi connectivity index (χ1v) is 48.6. The number of ketones is 2. The number of hydrogen-bond donors (Lipinski definition) is 0. The Morgan fingerprint density at radius 1 is 0.432 bits per heavy atom. The number of nitrogens with zero attached hydrogens (tertiary/aromatic N) is 9. The van der Waals surface area contributed by atoms with Gasteiger partial charge in [0.1, 0.15) is 70.1 Å². The number of carbonyl (C=O) groups excluding carboxylic acids is 9. The van der Waals surface area contributed by atoms with Crippen molar-refractivity contribution in [2.75, 3.05) is 41.0 Å². The van der Waals surface area contributed by atoms with Gasteiger partial charge < -0.3 is 62.2 Å². The Hall–Kier alpha value is -8.32. The standard InChI is InChI=1S/C35H46N3O6.C35H49N3O5.C34H46N3O6.2V/c1-20-29(19-39)38-18-30(20)43-33-27(36-26-14-13-23(42-5)16-28(26)37-33)10-8-6-7-9-24-21-11-12-22(15-21)32(24)44-31(40)17-25(34(38)41)35(2,3)4;1-21-31-20-38(32(21)22(2)39)34(41)27(35(3,4)5)18-25(40)17-24-13-10-12-23(24)11-8-7-9-14-29-33(43-31)37-30-19-26(42-6)15-16-28(30)36-29;1-21-28(20-38)37-19-29(21)42-31-26(35-25-15-14-23(41-6)17-27(25)36-31)13-9-7-8-11-22-12-10-16-34(22,5)43-30(39)18-24(32(37)40)33(2,3)4;;/h13-14,16,20-22,24-25,29-30,32H,6-12,15,17-18H2,1-5H3;15-16,19,21,23-24,27,31-32H,7-14,17-18,20H2,1-6H3;14-15,17,21-22,24,28-29H,7-13,16,18-19H2,1-6H3;;/q-1;;-1;;/t20-,21+,22-,24+,25+,29+,30-,32+;21-,23-,24+,27-,31+,32+;21-,22+,24+,28+,29-,34+;;/m010../s1. The molecule has 132 heavy (non-hydrogen) atoms. The minimum absolute atomic E-state index is 0. The summed E-state index contributed by atoms with van der Waals surface area (Å²) in [7, 11) is 4.85. The molecule has 9 heterocycles. The van der Waals surface area contributed by atoms with Crippen LogP contribution in [0.2, 0.25) is 0 Å². The Labute approximate surface area is 804 Å². The number of Topliss-reactive ketones (excluding diaryl/α,β-unsaturated/α-hetero) is 2. The van der Waals surface area contributed by atoms with Crippen LogP contribution in [0.25, 0.3) is 33.1 Å². The molecule has 716 valence electrons. The third-order valence-electron chi connectivity index (χ3n) is 31.0. The fourth-order valence-electron chi connectivity index (χ4n) is 23.1. The zero-order valence-electron chi connectivity index (χ0n) is 80.9. The van der Waals surface area contributed by atoms with Gasteiger partial charge in [-0.1, -0.05) is 153 Å². The predicted octanol–water partition coefficient (Wildman–Crippen LogP) is 17.4. The molecule has 16 rings (SSSR count). The molecule has 3 saturated heterocycles. The Bertz CT molecular complexity index is 5100. The van der Waals surface area contributed by atoms with Gasteiger partial charge in [0, 0.05) is 80.0 Å². The fourth-order valence-corrected chi connectivity index (χ4v) is 23.1. The van der Waals surface area contributed by atoms with Gasteiger partial charge in [-0.15, -0.1) is 0 Å². The molecule has 3 aromatic heterocycles. The SMILES string of the molecule is COc1ccc2nc3c(nc2c1)O[C@H]1CN(C(=O)[C@H](C(C)(C)C)CC(=O)C[C@@H]2CCC[C@H]2CCCCC3)[C@H](C(C)=O)[C@@H]1C.COc1ccc2nc3c(nc2c1)O[C@H]1CN(C(=O)[C@H](C(C)(C)C)CC(=O)O[C@@H]2[C@H]4CC[C@H](C4)[C@H]2CCCCC3)[C@H]([C-]=O)[C@@H]1C.COc1ccc2nc3c(nc2c1)O[C@H]1CN(C(=O)[C@H](C(C)(C)C)CC(=O)O[C@]2(C)CCC[C@H]2CCCCC3)[C@H]([C-]=O)[C@@H]1C.[V].[V]. The molecule has 10 aliphatic rings. The molecule has 3 aromatic carbocycles. The maximum atomic E-state index is 14.3. The second kappa shape index (κ2) is 43.8. The summed E-state index contributed by atoms with van der Waals surface area (Å²) in [4.78, 5) is 155. The minimum Gasteiger partial charge on any atom is -0.540 e. The first-order chi connectivity index (χ1) is 62.0. The van der Waals surface area contributed by atoms with E-state index in [4.69, 9.17) is 67.8 Å². The Kier molecular flexibility index (Phi) is 34.0. The molecule has 0 unspecified atom stereocenters. The summed E-state index contributed by atoms with van der Waals surface area (Å²) in [5, 5.41) is 0. The molecular formula is C104H141N9O17V2-2. The summed E-state index contributed by atoms with van der Waals surface area (Å²) in [6.45, 7) is 27.9. The van der Waals surface area contributed by atoms with Crippen molar-refractivity contribution in [2.45, 2.75) is 325 Å². The maximum Gasteiger partial charge on any atom is 0.307 e. The summed E-state index contributed by atoms with van der Waals surface area (Å²) in [6, 6.07) is 14.7. The summed E-state index contributed by atoms with van der Waals surface area (Å²) in [5.74, 6) is 2.21. The minimum atomic E-state index is -0.797. The average molecular weight is 1890 g/mol. The second-order valence-electron chi connectivity index (χ2n) is 42.9. The number of hydrogen-bond acceptors (Lipinski definition) is 23. The number of aryl methyl sites for hydroxylation is 3. The second-order valence-corrected chi connectivity index (χ2v) is 42.9. The van der Waals surface area contributed by atoms with Crippen LogP contribution >= 0.6 is 0 Å². The summed E-state index contributed by atoms with van der Waals surface area (Å²) in [5.41, 5.74) is 4.69. The van der Waals surface area contributed by atoms with Crippen LogP contribution in [-0.2, 0) is 109 Å². The van der Waals surface area contributed by atoms with E-state index >= 15 is 0 Å². The number of benzene rings is 3. The number of ether oxygens (including phenoxy) is 8. The van der Waals surface area contributed by atoms with E-state index in [9.17, 15) is 43.2 Å². The molecule has 20 atom stereocenters. The average Bonchev–Trinajstić information content (AvgIpc) is 1.65. The van der Waals surface area contributed by atoms with Crippen molar-refractivity contribution in [1.29, 1.82) is 0 Å². The van der Waals surface area contributed by atoms with Crippen LogP contribution in [0.4, 0.5) is 0 Å².